The first-order valence-electron chi connectivity index (χ1n) is 6.62. The predicted octanol–water partition coefficient (Wildman–Crippen LogP) is -1.01. The molecule has 0 radical (unpaired) electrons. The van der Waals surface area contributed by atoms with Gasteiger partial charge in [0.15, 0.2) is 5.78 Å². The van der Waals surface area contributed by atoms with Crippen LogP contribution in [0.25, 0.3) is 0 Å². The van der Waals surface area contributed by atoms with Gasteiger partial charge in [-0.1, -0.05) is 0 Å². The van der Waals surface area contributed by atoms with Crippen molar-refractivity contribution in [1.29, 1.82) is 0 Å². The number of carbonyl (C=O) groups is 1. The molecule has 2 rings (SSSR count). The molecule has 2 heterocycles. The summed E-state index contributed by atoms with van der Waals surface area (Å²) in [4.78, 5) is 42.2. The summed E-state index contributed by atoms with van der Waals surface area (Å²) in [6.45, 7) is 4.24. The lowest BCUT2D eigenvalue weighted by atomic mass is 10.2. The number of nitrogens with zero attached hydrogens (tertiary/aromatic N) is 3. The van der Waals surface area contributed by atoms with Crippen LogP contribution in [0.2, 0.25) is 0 Å². The highest BCUT2D eigenvalue weighted by Gasteiger charge is 2.24. The van der Waals surface area contributed by atoms with E-state index >= 15 is 0 Å². The van der Waals surface area contributed by atoms with E-state index in [0.29, 0.717) is 0 Å². The lowest BCUT2D eigenvalue weighted by molar-refractivity contribution is 0.0990. The van der Waals surface area contributed by atoms with Crippen molar-refractivity contribution in [2.24, 2.45) is 0 Å². The van der Waals surface area contributed by atoms with Crippen LogP contribution >= 0.6 is 0 Å². The van der Waals surface area contributed by atoms with E-state index in [1.54, 1.807) is 0 Å². The number of hydrogen-bond donors (Lipinski definition) is 1. The van der Waals surface area contributed by atoms with Gasteiger partial charge in [-0.3, -0.25) is 19.1 Å². The Morgan fingerprint density at radius 3 is 2.70 bits per heavy atom. The number of piperazine rings is 1. The molecule has 1 N–H and O–H groups in total. The SMILES string of the molecule is CC(=O)c1c[nH]c(=O)n(CC2CN(C)CCN2C)c1=O. The van der Waals surface area contributed by atoms with Crippen molar-refractivity contribution in [1.82, 2.24) is 19.4 Å². The van der Waals surface area contributed by atoms with E-state index in [4.69, 9.17) is 0 Å². The molecule has 0 spiro atoms. The van der Waals surface area contributed by atoms with E-state index in [-0.39, 0.29) is 23.9 Å². The second-order valence-electron chi connectivity index (χ2n) is 5.38. The van der Waals surface area contributed by atoms with E-state index in [2.05, 4.69) is 14.8 Å². The van der Waals surface area contributed by atoms with E-state index in [0.717, 1.165) is 24.2 Å². The number of aromatic amines is 1. The van der Waals surface area contributed by atoms with Crippen LogP contribution in [0.4, 0.5) is 0 Å². The fourth-order valence-electron chi connectivity index (χ4n) is 2.44. The average Bonchev–Trinajstić information content (AvgIpc) is 2.38. The van der Waals surface area contributed by atoms with E-state index in [1.165, 1.54) is 13.1 Å². The van der Waals surface area contributed by atoms with Crippen LogP contribution in [0.15, 0.2) is 15.8 Å². The number of likely N-dealkylation sites (N-methyl/N-ethyl adjacent to an activating group) is 2. The second-order valence-corrected chi connectivity index (χ2v) is 5.38. The van der Waals surface area contributed by atoms with Gasteiger partial charge in [0, 0.05) is 38.4 Å². The smallest absolute Gasteiger partial charge is 0.313 e. The van der Waals surface area contributed by atoms with Crippen LogP contribution in [-0.2, 0) is 6.54 Å². The molecule has 1 unspecified atom stereocenters. The zero-order valence-electron chi connectivity index (χ0n) is 12.0. The van der Waals surface area contributed by atoms with Crippen molar-refractivity contribution in [2.75, 3.05) is 33.7 Å². The Balaban J connectivity index is 2.33. The van der Waals surface area contributed by atoms with Crippen molar-refractivity contribution >= 4 is 5.78 Å². The maximum atomic E-state index is 12.2. The molecule has 0 aliphatic carbocycles. The van der Waals surface area contributed by atoms with Crippen molar-refractivity contribution in [2.45, 2.75) is 19.5 Å². The topological polar surface area (TPSA) is 78.4 Å². The van der Waals surface area contributed by atoms with Crippen molar-refractivity contribution in [3.63, 3.8) is 0 Å². The number of hydrogen-bond acceptors (Lipinski definition) is 5. The van der Waals surface area contributed by atoms with Crippen LogP contribution in [0.3, 0.4) is 0 Å². The maximum absolute atomic E-state index is 12.2. The van der Waals surface area contributed by atoms with Gasteiger partial charge in [0.05, 0.1) is 5.56 Å². The zero-order valence-corrected chi connectivity index (χ0v) is 12.0. The highest BCUT2D eigenvalue weighted by Crippen LogP contribution is 2.06. The Kier molecular flexibility index (Phi) is 4.20. The first kappa shape index (κ1) is 14.7. The summed E-state index contributed by atoms with van der Waals surface area (Å²) >= 11 is 0. The normalized spacial score (nSPS) is 21.1. The molecular formula is C13H20N4O3. The van der Waals surface area contributed by atoms with Gasteiger partial charge in [-0.05, 0) is 21.0 Å². The molecule has 7 heteroatoms. The monoisotopic (exact) mass is 280 g/mol. The molecule has 1 aliphatic heterocycles. The fraction of sp³-hybridized carbons (Fsp3) is 0.615. The van der Waals surface area contributed by atoms with Crippen LogP contribution in [0.5, 0.6) is 0 Å². The van der Waals surface area contributed by atoms with Gasteiger partial charge in [-0.2, -0.15) is 0 Å². The molecule has 1 saturated heterocycles. The fourth-order valence-corrected chi connectivity index (χ4v) is 2.44. The third-order valence-electron chi connectivity index (χ3n) is 3.81. The Hall–Kier alpha value is -1.73. The Labute approximate surface area is 116 Å². The minimum absolute atomic E-state index is 0.0245. The summed E-state index contributed by atoms with van der Waals surface area (Å²) < 4.78 is 1.12. The highest BCUT2D eigenvalue weighted by atomic mass is 16.2. The standard InChI is InChI=1S/C13H20N4O3/c1-9(18)11-6-14-13(20)17(12(11)19)8-10-7-15(2)4-5-16(10)3/h6,10H,4-5,7-8H2,1-3H3,(H,14,20). The molecule has 7 nitrogen and oxygen atoms in total. The van der Waals surface area contributed by atoms with Gasteiger partial charge in [0.1, 0.15) is 0 Å². The molecule has 1 aromatic rings. The quantitative estimate of drug-likeness (QED) is 0.717. The Morgan fingerprint density at radius 2 is 2.05 bits per heavy atom. The van der Waals surface area contributed by atoms with Gasteiger partial charge in [-0.25, -0.2) is 4.79 Å². The average molecular weight is 280 g/mol. The van der Waals surface area contributed by atoms with Gasteiger partial charge in [-0.15, -0.1) is 0 Å². The minimum Gasteiger partial charge on any atom is -0.313 e. The molecule has 0 amide bonds. The number of H-pyrrole nitrogens is 1. The van der Waals surface area contributed by atoms with Crippen LogP contribution < -0.4 is 11.2 Å². The molecule has 1 fully saturated rings. The molecular weight excluding hydrogens is 260 g/mol. The summed E-state index contributed by atoms with van der Waals surface area (Å²) in [5.74, 6) is -0.339. The lowest BCUT2D eigenvalue weighted by Gasteiger charge is -2.37. The minimum atomic E-state index is -0.511. The summed E-state index contributed by atoms with van der Waals surface area (Å²) in [5, 5.41) is 0. The number of Topliss-reactive ketones (excluding diaryl/α,β-unsaturated/α-hetero) is 1. The van der Waals surface area contributed by atoms with Gasteiger partial charge in [0.2, 0.25) is 0 Å². The molecule has 1 atom stereocenters. The predicted molar refractivity (Wildman–Crippen MR) is 75.2 cm³/mol. The van der Waals surface area contributed by atoms with Gasteiger partial charge < -0.3 is 9.88 Å². The molecule has 110 valence electrons. The first-order valence-corrected chi connectivity index (χ1v) is 6.62. The highest BCUT2D eigenvalue weighted by molar-refractivity contribution is 5.93. The zero-order chi connectivity index (χ0) is 14.9. The van der Waals surface area contributed by atoms with E-state index in [9.17, 15) is 14.4 Å². The summed E-state index contributed by atoms with van der Waals surface area (Å²) in [5.41, 5.74) is -0.957. The Bertz CT molecular complexity index is 619. The molecule has 1 aromatic heterocycles. The third-order valence-corrected chi connectivity index (χ3v) is 3.81. The number of ketones is 1. The summed E-state index contributed by atoms with van der Waals surface area (Å²) in [6, 6.07) is 0.0785. The van der Waals surface area contributed by atoms with Crippen molar-refractivity contribution in [3.05, 3.63) is 32.6 Å². The number of rotatable bonds is 3. The van der Waals surface area contributed by atoms with E-state index < -0.39 is 11.2 Å². The molecule has 0 aromatic carbocycles. The molecule has 0 bridgehead atoms. The third kappa shape index (κ3) is 2.88. The first-order chi connectivity index (χ1) is 9.40. The van der Waals surface area contributed by atoms with Crippen LogP contribution in [0.1, 0.15) is 17.3 Å². The number of nitrogens with one attached hydrogen (secondary N) is 1. The van der Waals surface area contributed by atoms with E-state index in [1.807, 2.05) is 14.1 Å². The van der Waals surface area contributed by atoms with Gasteiger partial charge in [0.25, 0.3) is 5.56 Å². The molecule has 1 aliphatic rings. The second kappa shape index (κ2) is 5.72. The summed E-state index contributed by atoms with van der Waals surface area (Å²) in [7, 11) is 3.99. The van der Waals surface area contributed by atoms with Crippen molar-refractivity contribution < 1.29 is 4.79 Å². The number of aromatic nitrogens is 2. The largest absolute Gasteiger partial charge is 0.328 e. The van der Waals surface area contributed by atoms with Crippen LogP contribution in [-0.4, -0.2) is 64.9 Å². The summed E-state index contributed by atoms with van der Waals surface area (Å²) in [6.07, 6.45) is 1.19. The van der Waals surface area contributed by atoms with Crippen molar-refractivity contribution in [3.8, 4) is 0 Å². The number of carbonyl (C=O) groups excluding carboxylic acids is 1. The molecule has 20 heavy (non-hydrogen) atoms. The Morgan fingerprint density at radius 1 is 1.35 bits per heavy atom. The van der Waals surface area contributed by atoms with Crippen LogP contribution in [0, 0.1) is 0 Å². The lowest BCUT2D eigenvalue weighted by Crippen LogP contribution is -2.54. The molecule has 0 saturated carbocycles. The maximum Gasteiger partial charge on any atom is 0.328 e. The van der Waals surface area contributed by atoms with Gasteiger partial charge >= 0.3 is 5.69 Å².